The topological polar surface area (TPSA) is 54.4 Å². The molecular weight excluding hydrogens is 276 g/mol. The maximum Gasteiger partial charge on any atom is 0.336 e. The van der Waals surface area contributed by atoms with Gasteiger partial charge in [0.25, 0.3) is 0 Å². The van der Waals surface area contributed by atoms with Crippen LogP contribution in [0.3, 0.4) is 0 Å². The normalized spacial score (nSPS) is 10.6. The van der Waals surface area contributed by atoms with Crippen molar-refractivity contribution in [1.82, 2.24) is 0 Å². The number of fused-ring (bicyclic) bond motifs is 1. The SMILES string of the molecule is Cc1ccc(C(=O)c2c(C(=O)O)ccc3ccccc23)cc1. The van der Waals surface area contributed by atoms with Crippen LogP contribution in [0.1, 0.15) is 31.8 Å². The first-order valence-electron chi connectivity index (χ1n) is 6.94. The van der Waals surface area contributed by atoms with E-state index in [0.29, 0.717) is 10.9 Å². The molecule has 3 aromatic rings. The molecule has 0 aromatic heterocycles. The molecule has 108 valence electrons. The zero-order valence-electron chi connectivity index (χ0n) is 12.0. The molecule has 0 atom stereocenters. The number of carbonyl (C=O) groups excluding carboxylic acids is 1. The lowest BCUT2D eigenvalue weighted by Crippen LogP contribution is -2.10. The maximum absolute atomic E-state index is 12.8. The molecule has 3 heteroatoms. The molecule has 22 heavy (non-hydrogen) atoms. The molecular formula is C19H14O3. The summed E-state index contributed by atoms with van der Waals surface area (Å²) in [6.45, 7) is 1.94. The van der Waals surface area contributed by atoms with Gasteiger partial charge in [0.2, 0.25) is 0 Å². The predicted octanol–water partition coefficient (Wildman–Crippen LogP) is 4.08. The number of rotatable bonds is 3. The van der Waals surface area contributed by atoms with Crippen LogP contribution in [0.25, 0.3) is 10.8 Å². The molecule has 3 nitrogen and oxygen atoms in total. The smallest absolute Gasteiger partial charge is 0.336 e. The van der Waals surface area contributed by atoms with Crippen LogP contribution in [-0.2, 0) is 0 Å². The van der Waals surface area contributed by atoms with Gasteiger partial charge < -0.3 is 5.11 Å². The van der Waals surface area contributed by atoms with Crippen LogP contribution in [0.4, 0.5) is 0 Å². The summed E-state index contributed by atoms with van der Waals surface area (Å²) in [7, 11) is 0. The van der Waals surface area contributed by atoms with E-state index in [1.54, 1.807) is 30.3 Å². The van der Waals surface area contributed by atoms with Crippen molar-refractivity contribution in [3.05, 3.63) is 82.9 Å². The van der Waals surface area contributed by atoms with E-state index in [1.807, 2.05) is 31.2 Å². The fourth-order valence-corrected chi connectivity index (χ4v) is 2.54. The van der Waals surface area contributed by atoms with E-state index >= 15 is 0 Å². The van der Waals surface area contributed by atoms with E-state index in [2.05, 4.69) is 0 Å². The van der Waals surface area contributed by atoms with Crippen molar-refractivity contribution >= 4 is 22.5 Å². The van der Waals surface area contributed by atoms with Crippen LogP contribution in [0.2, 0.25) is 0 Å². The Bertz CT molecular complexity index is 877. The van der Waals surface area contributed by atoms with Gasteiger partial charge in [0.1, 0.15) is 0 Å². The van der Waals surface area contributed by atoms with E-state index in [0.717, 1.165) is 10.9 Å². The van der Waals surface area contributed by atoms with E-state index < -0.39 is 5.97 Å². The summed E-state index contributed by atoms with van der Waals surface area (Å²) in [5.41, 5.74) is 1.82. The minimum atomic E-state index is -1.10. The van der Waals surface area contributed by atoms with Crippen molar-refractivity contribution in [3.8, 4) is 0 Å². The van der Waals surface area contributed by atoms with Gasteiger partial charge in [-0.05, 0) is 23.8 Å². The number of carboxylic acid groups (broad SMARTS) is 1. The predicted molar refractivity (Wildman–Crippen MR) is 85.5 cm³/mol. The number of aromatic carboxylic acids is 1. The van der Waals surface area contributed by atoms with Crippen LogP contribution in [-0.4, -0.2) is 16.9 Å². The average Bonchev–Trinajstić information content (AvgIpc) is 2.53. The second-order valence-corrected chi connectivity index (χ2v) is 5.21. The molecule has 0 aliphatic carbocycles. The molecule has 3 aromatic carbocycles. The Morgan fingerprint density at radius 1 is 0.864 bits per heavy atom. The lowest BCUT2D eigenvalue weighted by molar-refractivity contribution is 0.0693. The van der Waals surface area contributed by atoms with E-state index in [-0.39, 0.29) is 16.9 Å². The molecule has 0 saturated heterocycles. The molecule has 0 aliphatic rings. The lowest BCUT2D eigenvalue weighted by atomic mass is 9.92. The molecule has 0 amide bonds. The van der Waals surface area contributed by atoms with Gasteiger partial charge in [-0.3, -0.25) is 4.79 Å². The van der Waals surface area contributed by atoms with E-state index in [4.69, 9.17) is 0 Å². The van der Waals surface area contributed by atoms with Crippen LogP contribution in [0.15, 0.2) is 60.7 Å². The second kappa shape index (κ2) is 5.45. The Morgan fingerprint density at radius 3 is 2.23 bits per heavy atom. The number of hydrogen-bond acceptors (Lipinski definition) is 2. The van der Waals surface area contributed by atoms with Crippen molar-refractivity contribution in [3.63, 3.8) is 0 Å². The standard InChI is InChI=1S/C19H14O3/c1-12-6-8-14(9-7-12)18(20)17-15-5-3-2-4-13(15)10-11-16(17)19(21)22/h2-11H,1H3,(H,21,22). The molecule has 0 spiro atoms. The molecule has 0 heterocycles. The Morgan fingerprint density at radius 2 is 1.55 bits per heavy atom. The first-order valence-corrected chi connectivity index (χ1v) is 6.94. The highest BCUT2D eigenvalue weighted by Gasteiger charge is 2.20. The monoisotopic (exact) mass is 290 g/mol. The van der Waals surface area contributed by atoms with Crippen molar-refractivity contribution in [2.75, 3.05) is 0 Å². The minimum Gasteiger partial charge on any atom is -0.478 e. The molecule has 0 aliphatic heterocycles. The molecule has 0 radical (unpaired) electrons. The fraction of sp³-hybridized carbons (Fsp3) is 0.0526. The summed E-state index contributed by atoms with van der Waals surface area (Å²) in [5, 5.41) is 10.9. The number of benzene rings is 3. The summed E-state index contributed by atoms with van der Waals surface area (Å²) in [5.74, 6) is -1.37. The Hall–Kier alpha value is -2.94. The quantitative estimate of drug-likeness (QED) is 0.739. The average molecular weight is 290 g/mol. The first kappa shape index (κ1) is 14.0. The number of ketones is 1. The summed E-state index contributed by atoms with van der Waals surface area (Å²) in [4.78, 5) is 24.3. The third-order valence-corrected chi connectivity index (χ3v) is 3.70. The highest BCUT2D eigenvalue weighted by molar-refractivity contribution is 6.21. The molecule has 0 saturated carbocycles. The number of aryl methyl sites for hydroxylation is 1. The zero-order chi connectivity index (χ0) is 15.7. The third-order valence-electron chi connectivity index (χ3n) is 3.70. The summed E-state index contributed by atoms with van der Waals surface area (Å²) < 4.78 is 0. The van der Waals surface area contributed by atoms with Crippen LogP contribution in [0, 0.1) is 6.92 Å². The number of carboxylic acids is 1. The lowest BCUT2D eigenvalue weighted by Gasteiger charge is -2.10. The Kier molecular flexibility index (Phi) is 3.47. The van der Waals surface area contributed by atoms with Gasteiger partial charge in [0, 0.05) is 11.1 Å². The molecule has 3 rings (SSSR count). The van der Waals surface area contributed by atoms with Gasteiger partial charge in [0.05, 0.1) is 5.56 Å². The Balaban J connectivity index is 2.27. The minimum absolute atomic E-state index is 0.0317. The Labute approximate surface area is 127 Å². The van der Waals surface area contributed by atoms with Gasteiger partial charge >= 0.3 is 5.97 Å². The van der Waals surface area contributed by atoms with Crippen LogP contribution < -0.4 is 0 Å². The number of hydrogen-bond donors (Lipinski definition) is 1. The molecule has 1 N–H and O–H groups in total. The van der Waals surface area contributed by atoms with Crippen molar-refractivity contribution < 1.29 is 14.7 Å². The third kappa shape index (κ3) is 2.37. The van der Waals surface area contributed by atoms with Gasteiger partial charge in [-0.25, -0.2) is 4.79 Å². The second-order valence-electron chi connectivity index (χ2n) is 5.21. The molecule has 0 unspecified atom stereocenters. The van der Waals surface area contributed by atoms with Gasteiger partial charge in [0.15, 0.2) is 5.78 Å². The van der Waals surface area contributed by atoms with Crippen LogP contribution in [0.5, 0.6) is 0 Å². The highest BCUT2D eigenvalue weighted by Crippen LogP contribution is 2.25. The molecule has 0 bridgehead atoms. The summed E-state index contributed by atoms with van der Waals surface area (Å²) >= 11 is 0. The highest BCUT2D eigenvalue weighted by atomic mass is 16.4. The van der Waals surface area contributed by atoms with Gasteiger partial charge in [-0.15, -0.1) is 0 Å². The maximum atomic E-state index is 12.8. The first-order chi connectivity index (χ1) is 10.6. The van der Waals surface area contributed by atoms with E-state index in [9.17, 15) is 14.7 Å². The number of carbonyl (C=O) groups is 2. The van der Waals surface area contributed by atoms with Gasteiger partial charge in [-0.2, -0.15) is 0 Å². The van der Waals surface area contributed by atoms with Crippen LogP contribution >= 0.6 is 0 Å². The largest absolute Gasteiger partial charge is 0.478 e. The summed E-state index contributed by atoms with van der Waals surface area (Å²) in [6.07, 6.45) is 0. The summed E-state index contributed by atoms with van der Waals surface area (Å²) in [6, 6.07) is 17.7. The van der Waals surface area contributed by atoms with Crippen molar-refractivity contribution in [2.24, 2.45) is 0 Å². The van der Waals surface area contributed by atoms with Crippen molar-refractivity contribution in [1.29, 1.82) is 0 Å². The van der Waals surface area contributed by atoms with Gasteiger partial charge in [-0.1, -0.05) is 60.2 Å². The van der Waals surface area contributed by atoms with Crippen molar-refractivity contribution in [2.45, 2.75) is 6.92 Å². The zero-order valence-corrected chi connectivity index (χ0v) is 12.0. The molecule has 0 fully saturated rings. The fourth-order valence-electron chi connectivity index (χ4n) is 2.54. The van der Waals surface area contributed by atoms with E-state index in [1.165, 1.54) is 6.07 Å².